The van der Waals surface area contributed by atoms with Crippen LogP contribution in [0, 0.1) is 0 Å². The van der Waals surface area contributed by atoms with E-state index in [4.69, 9.17) is 18.9 Å². The van der Waals surface area contributed by atoms with Crippen molar-refractivity contribution in [2.45, 2.75) is 39.9 Å². The third-order valence-electron chi connectivity index (χ3n) is 3.80. The first-order valence-electron chi connectivity index (χ1n) is 9.94. The van der Waals surface area contributed by atoms with Crippen LogP contribution in [0.4, 0.5) is 9.59 Å². The van der Waals surface area contributed by atoms with Crippen molar-refractivity contribution in [1.82, 2.24) is 8.61 Å². The van der Waals surface area contributed by atoms with Crippen LogP contribution in [0.2, 0.25) is 0 Å². The van der Waals surface area contributed by atoms with Crippen LogP contribution in [0.15, 0.2) is 48.5 Å². The Morgan fingerprint density at radius 3 is 1.31 bits per heavy atom. The lowest BCUT2D eigenvalue weighted by Gasteiger charge is -2.23. The Balaban J connectivity index is 2.06. The van der Waals surface area contributed by atoms with Crippen molar-refractivity contribution in [3.63, 3.8) is 0 Å². The standard InChI is InChI=1S/C22H28N2O7S/c1-15(2)28-17-11-7-9-13-19(17)30-21(25)23(5)32(27)24(6)22(26)31-20-14-10-8-12-18(20)29-16(3)4/h7-16H,1-6H3. The van der Waals surface area contributed by atoms with Gasteiger partial charge in [-0.05, 0) is 52.0 Å². The summed E-state index contributed by atoms with van der Waals surface area (Å²) in [5, 5.41) is 0. The Kier molecular flexibility index (Phi) is 8.89. The van der Waals surface area contributed by atoms with Gasteiger partial charge in [0.1, 0.15) is 0 Å². The molecule has 9 nitrogen and oxygen atoms in total. The number of benzene rings is 2. The Labute approximate surface area is 190 Å². The number of carbonyl (C=O) groups is 2. The summed E-state index contributed by atoms with van der Waals surface area (Å²) >= 11 is -2.22. The van der Waals surface area contributed by atoms with Gasteiger partial charge in [-0.25, -0.2) is 22.4 Å². The molecule has 0 spiro atoms. The maximum atomic E-state index is 12.7. The number of hydrogen-bond acceptors (Lipinski definition) is 7. The van der Waals surface area contributed by atoms with Crippen LogP contribution in [0.25, 0.3) is 0 Å². The zero-order chi connectivity index (χ0) is 23.8. The van der Waals surface area contributed by atoms with E-state index in [1.54, 1.807) is 48.5 Å². The number of hydrogen-bond donors (Lipinski definition) is 0. The third-order valence-corrected chi connectivity index (χ3v) is 5.04. The summed E-state index contributed by atoms with van der Waals surface area (Å²) in [5.74, 6) is 1.06. The van der Waals surface area contributed by atoms with Crippen molar-refractivity contribution < 1.29 is 32.7 Å². The summed E-state index contributed by atoms with van der Waals surface area (Å²) in [7, 11) is 2.48. The van der Waals surface area contributed by atoms with Gasteiger partial charge in [-0.2, -0.15) is 0 Å². The van der Waals surface area contributed by atoms with Crippen molar-refractivity contribution in [2.75, 3.05) is 14.1 Å². The van der Waals surface area contributed by atoms with Crippen LogP contribution in [-0.2, 0) is 11.2 Å². The molecule has 0 saturated carbocycles. The topological polar surface area (TPSA) is 94.6 Å². The van der Waals surface area contributed by atoms with E-state index in [-0.39, 0.29) is 23.7 Å². The quantitative estimate of drug-likeness (QED) is 0.571. The summed E-state index contributed by atoms with van der Waals surface area (Å²) in [4.78, 5) is 25.0. The molecule has 2 aromatic rings. The second-order valence-corrected chi connectivity index (χ2v) is 8.75. The van der Waals surface area contributed by atoms with E-state index in [0.29, 0.717) is 11.5 Å². The van der Waals surface area contributed by atoms with Gasteiger partial charge in [-0.3, -0.25) is 0 Å². The van der Waals surface area contributed by atoms with Crippen molar-refractivity contribution in [3.05, 3.63) is 48.5 Å². The van der Waals surface area contributed by atoms with Gasteiger partial charge in [0.2, 0.25) is 11.2 Å². The Morgan fingerprint density at radius 1 is 0.688 bits per heavy atom. The molecule has 0 fully saturated rings. The van der Waals surface area contributed by atoms with E-state index in [0.717, 1.165) is 8.61 Å². The van der Waals surface area contributed by atoms with Crippen LogP contribution in [-0.4, -0.2) is 51.3 Å². The monoisotopic (exact) mass is 464 g/mol. The highest BCUT2D eigenvalue weighted by atomic mass is 32.2. The fourth-order valence-corrected chi connectivity index (χ4v) is 3.10. The first kappa shape index (κ1) is 25.0. The molecule has 0 heterocycles. The highest BCUT2D eigenvalue weighted by Gasteiger charge is 2.27. The predicted molar refractivity (Wildman–Crippen MR) is 120 cm³/mol. The normalized spacial score (nSPS) is 10.8. The lowest BCUT2D eigenvalue weighted by atomic mass is 10.3. The number of nitrogens with zero attached hydrogens (tertiary/aromatic N) is 2. The molecule has 0 aromatic heterocycles. The van der Waals surface area contributed by atoms with Gasteiger partial charge in [0.25, 0.3) is 0 Å². The second kappa shape index (κ2) is 11.4. The Hall–Kier alpha value is -3.27. The predicted octanol–water partition coefficient (Wildman–Crippen LogP) is 4.40. The number of rotatable bonds is 8. The van der Waals surface area contributed by atoms with Crippen molar-refractivity contribution in [1.29, 1.82) is 0 Å². The maximum Gasteiger partial charge on any atom is 0.428 e. The molecule has 0 radical (unpaired) electrons. The fourth-order valence-electron chi connectivity index (χ4n) is 2.40. The van der Waals surface area contributed by atoms with Crippen LogP contribution in [0.5, 0.6) is 23.0 Å². The Morgan fingerprint density at radius 2 is 1.00 bits per heavy atom. The van der Waals surface area contributed by atoms with Gasteiger partial charge >= 0.3 is 12.2 Å². The van der Waals surface area contributed by atoms with E-state index < -0.39 is 23.4 Å². The molecule has 10 heteroatoms. The molecule has 2 aromatic carbocycles. The SMILES string of the molecule is CC(C)Oc1ccccc1OC(=O)N(C)S(=O)N(C)C(=O)Oc1ccccc1OC(C)C. The van der Waals surface area contributed by atoms with Gasteiger partial charge < -0.3 is 18.9 Å². The average molecular weight is 465 g/mol. The van der Waals surface area contributed by atoms with Gasteiger partial charge in [-0.15, -0.1) is 0 Å². The highest BCUT2D eigenvalue weighted by Crippen LogP contribution is 2.29. The Bertz CT molecular complexity index is 889. The highest BCUT2D eigenvalue weighted by molar-refractivity contribution is 7.81. The molecule has 0 saturated heterocycles. The molecule has 0 unspecified atom stereocenters. The largest absolute Gasteiger partial charge is 0.487 e. The molecule has 0 bridgehead atoms. The molecule has 2 rings (SSSR count). The zero-order valence-electron chi connectivity index (χ0n) is 18.9. The minimum absolute atomic E-state index is 0.134. The molecule has 0 aliphatic heterocycles. The molecular weight excluding hydrogens is 436 g/mol. The van der Waals surface area contributed by atoms with Crippen LogP contribution in [0.3, 0.4) is 0 Å². The van der Waals surface area contributed by atoms with Crippen molar-refractivity contribution in [2.24, 2.45) is 0 Å². The van der Waals surface area contributed by atoms with Gasteiger partial charge in [0.05, 0.1) is 12.2 Å². The molecule has 0 aliphatic rings. The fraction of sp³-hybridized carbons (Fsp3) is 0.364. The van der Waals surface area contributed by atoms with E-state index in [1.807, 2.05) is 27.7 Å². The number of para-hydroxylation sites is 4. The summed E-state index contributed by atoms with van der Waals surface area (Å²) < 4.78 is 36.1. The minimum atomic E-state index is -2.22. The second-order valence-electron chi connectivity index (χ2n) is 7.19. The first-order chi connectivity index (χ1) is 15.1. The third kappa shape index (κ3) is 6.88. The van der Waals surface area contributed by atoms with E-state index in [2.05, 4.69) is 0 Å². The number of carbonyl (C=O) groups excluding carboxylic acids is 2. The average Bonchev–Trinajstić information content (AvgIpc) is 2.74. The molecule has 174 valence electrons. The summed E-state index contributed by atoms with van der Waals surface area (Å²) in [5.41, 5.74) is 0. The van der Waals surface area contributed by atoms with E-state index in [9.17, 15) is 13.8 Å². The minimum Gasteiger partial charge on any atom is -0.487 e. The van der Waals surface area contributed by atoms with Crippen LogP contribution < -0.4 is 18.9 Å². The van der Waals surface area contributed by atoms with Crippen molar-refractivity contribution in [3.8, 4) is 23.0 Å². The summed E-state index contributed by atoms with van der Waals surface area (Å²) in [6, 6.07) is 13.2. The smallest absolute Gasteiger partial charge is 0.428 e. The summed E-state index contributed by atoms with van der Waals surface area (Å²) in [6.07, 6.45) is -2.15. The molecule has 0 aliphatic carbocycles. The number of amides is 2. The molecule has 0 N–H and O–H groups in total. The molecule has 0 atom stereocenters. The van der Waals surface area contributed by atoms with Gasteiger partial charge in [-0.1, -0.05) is 24.3 Å². The summed E-state index contributed by atoms with van der Waals surface area (Å²) in [6.45, 7) is 7.35. The maximum absolute atomic E-state index is 12.7. The molecule has 2 amide bonds. The van der Waals surface area contributed by atoms with E-state index in [1.165, 1.54) is 14.1 Å². The van der Waals surface area contributed by atoms with Crippen LogP contribution >= 0.6 is 0 Å². The van der Waals surface area contributed by atoms with Crippen molar-refractivity contribution >= 4 is 23.4 Å². The lowest BCUT2D eigenvalue weighted by Crippen LogP contribution is -2.43. The van der Waals surface area contributed by atoms with Crippen LogP contribution in [0.1, 0.15) is 27.7 Å². The molecule has 32 heavy (non-hydrogen) atoms. The lowest BCUT2D eigenvalue weighted by molar-refractivity contribution is 0.172. The van der Waals surface area contributed by atoms with Gasteiger partial charge in [0.15, 0.2) is 23.0 Å². The van der Waals surface area contributed by atoms with Gasteiger partial charge in [0, 0.05) is 14.1 Å². The first-order valence-corrected chi connectivity index (χ1v) is 11.0. The van der Waals surface area contributed by atoms with E-state index >= 15 is 0 Å². The molecular formula is C22H28N2O7S. The zero-order valence-corrected chi connectivity index (χ0v) is 19.8. The number of ether oxygens (including phenoxy) is 4.